The van der Waals surface area contributed by atoms with Crippen LogP contribution in [0.5, 0.6) is 0 Å². The Balaban J connectivity index is 1.84. The minimum atomic E-state index is -4.62. The summed E-state index contributed by atoms with van der Waals surface area (Å²) < 4.78 is 67.9. The Bertz CT molecular complexity index is 1280. The molecule has 3 aromatic rings. The van der Waals surface area contributed by atoms with Crippen molar-refractivity contribution in [2.45, 2.75) is 31.0 Å². The predicted octanol–water partition coefficient (Wildman–Crippen LogP) is 5.65. The van der Waals surface area contributed by atoms with Crippen molar-refractivity contribution in [2.24, 2.45) is 0 Å². The molecule has 0 atom stereocenters. The van der Waals surface area contributed by atoms with E-state index in [1.165, 1.54) is 31.2 Å². The van der Waals surface area contributed by atoms with Gasteiger partial charge >= 0.3 is 6.18 Å². The van der Waals surface area contributed by atoms with Crippen molar-refractivity contribution in [1.82, 2.24) is 5.32 Å². The van der Waals surface area contributed by atoms with Gasteiger partial charge in [-0.15, -0.1) is 0 Å². The van der Waals surface area contributed by atoms with Crippen LogP contribution < -0.4 is 10.0 Å². The van der Waals surface area contributed by atoms with E-state index in [-0.39, 0.29) is 34.7 Å². The van der Waals surface area contributed by atoms with Crippen LogP contribution in [0.2, 0.25) is 5.02 Å². The van der Waals surface area contributed by atoms with Crippen molar-refractivity contribution < 1.29 is 26.4 Å². The van der Waals surface area contributed by atoms with Crippen LogP contribution in [0, 0.1) is 0 Å². The fraction of sp³-hybridized carbons (Fsp3) is 0.174. The summed E-state index contributed by atoms with van der Waals surface area (Å²) in [5.41, 5.74) is -0.472. The molecular weight excluding hydrogens is 477 g/mol. The summed E-state index contributed by atoms with van der Waals surface area (Å²) in [7, 11) is -4.26. The molecule has 33 heavy (non-hydrogen) atoms. The zero-order chi connectivity index (χ0) is 24.2. The number of carbonyl (C=O) groups is 1. The predicted molar refractivity (Wildman–Crippen MR) is 121 cm³/mol. The molecule has 0 aromatic heterocycles. The number of anilines is 1. The summed E-state index contributed by atoms with van der Waals surface area (Å²) in [5.74, 6) is -0.528. The van der Waals surface area contributed by atoms with Crippen LogP contribution in [0.25, 0.3) is 0 Å². The lowest BCUT2D eigenvalue weighted by atomic mass is 10.0. The number of carbonyl (C=O) groups excluding carboxylic acids is 1. The van der Waals surface area contributed by atoms with Crippen molar-refractivity contribution in [1.29, 1.82) is 0 Å². The monoisotopic (exact) mass is 496 g/mol. The lowest BCUT2D eigenvalue weighted by Crippen LogP contribution is -2.23. The number of rotatable bonds is 7. The number of benzene rings is 3. The van der Waals surface area contributed by atoms with E-state index >= 15 is 0 Å². The van der Waals surface area contributed by atoms with Crippen molar-refractivity contribution in [3.63, 3.8) is 0 Å². The number of amides is 1. The molecule has 0 unspecified atom stereocenters. The first-order valence-corrected chi connectivity index (χ1v) is 11.7. The highest BCUT2D eigenvalue weighted by Gasteiger charge is 2.34. The highest BCUT2D eigenvalue weighted by atomic mass is 35.5. The first kappa shape index (κ1) is 24.6. The van der Waals surface area contributed by atoms with Crippen LogP contribution in [0.15, 0.2) is 71.6 Å². The number of hydrogen-bond acceptors (Lipinski definition) is 3. The lowest BCUT2D eigenvalue weighted by Gasteiger charge is -2.17. The molecule has 0 fully saturated rings. The minimum Gasteiger partial charge on any atom is -0.348 e. The number of hydrogen-bond donors (Lipinski definition) is 2. The zero-order valence-corrected chi connectivity index (χ0v) is 19.0. The summed E-state index contributed by atoms with van der Waals surface area (Å²) in [6.45, 7) is 1.64. The van der Waals surface area contributed by atoms with Crippen LogP contribution >= 0.6 is 11.6 Å². The Morgan fingerprint density at radius 3 is 2.36 bits per heavy atom. The molecule has 3 aromatic carbocycles. The summed E-state index contributed by atoms with van der Waals surface area (Å²) in [4.78, 5) is 12.3. The molecule has 0 radical (unpaired) electrons. The SMILES string of the molecule is CCc1c(NS(=O)(=O)c2cccc(C(=O)NCc3ccccc3Cl)c2)cccc1C(F)(F)F. The molecule has 0 spiro atoms. The molecule has 0 aliphatic rings. The second-order valence-electron chi connectivity index (χ2n) is 7.09. The van der Waals surface area contributed by atoms with Gasteiger partial charge in [0, 0.05) is 17.1 Å². The normalized spacial score (nSPS) is 11.8. The van der Waals surface area contributed by atoms with Gasteiger partial charge in [-0.25, -0.2) is 8.42 Å². The third-order valence-corrected chi connectivity index (χ3v) is 6.61. The van der Waals surface area contributed by atoms with Crippen LogP contribution in [-0.4, -0.2) is 14.3 Å². The Kier molecular flexibility index (Phi) is 7.34. The third kappa shape index (κ3) is 5.85. The topological polar surface area (TPSA) is 75.3 Å². The third-order valence-electron chi connectivity index (χ3n) is 4.88. The molecular formula is C23H20ClF3N2O3S. The quantitative estimate of drug-likeness (QED) is 0.443. The Labute approximate surface area is 194 Å². The zero-order valence-electron chi connectivity index (χ0n) is 17.4. The smallest absolute Gasteiger partial charge is 0.348 e. The average Bonchev–Trinajstić information content (AvgIpc) is 2.77. The summed E-state index contributed by atoms with van der Waals surface area (Å²) in [6, 6.07) is 15.5. The molecule has 0 saturated heterocycles. The minimum absolute atomic E-state index is 0.0297. The molecule has 10 heteroatoms. The van der Waals surface area contributed by atoms with Gasteiger partial charge in [0.15, 0.2) is 0 Å². The lowest BCUT2D eigenvalue weighted by molar-refractivity contribution is -0.138. The van der Waals surface area contributed by atoms with Crippen LogP contribution in [-0.2, 0) is 29.2 Å². The molecule has 0 saturated carbocycles. The highest BCUT2D eigenvalue weighted by Crippen LogP contribution is 2.36. The second-order valence-corrected chi connectivity index (χ2v) is 9.18. The second kappa shape index (κ2) is 9.84. The highest BCUT2D eigenvalue weighted by molar-refractivity contribution is 7.92. The van der Waals surface area contributed by atoms with Gasteiger partial charge in [0.05, 0.1) is 16.1 Å². The van der Waals surface area contributed by atoms with Gasteiger partial charge in [-0.3, -0.25) is 9.52 Å². The number of alkyl halides is 3. The van der Waals surface area contributed by atoms with Gasteiger partial charge in [-0.1, -0.05) is 48.9 Å². The number of halogens is 4. The van der Waals surface area contributed by atoms with E-state index in [1.54, 1.807) is 24.3 Å². The van der Waals surface area contributed by atoms with Gasteiger partial charge in [0.1, 0.15) is 0 Å². The first-order valence-electron chi connectivity index (χ1n) is 9.86. The summed E-state index contributed by atoms with van der Waals surface area (Å²) >= 11 is 6.07. The van der Waals surface area contributed by atoms with E-state index in [4.69, 9.17) is 11.6 Å². The maximum atomic E-state index is 13.3. The Morgan fingerprint density at radius 2 is 1.70 bits per heavy atom. The standard InChI is InChI=1S/C23H20ClF3N2O3S/c1-2-18-19(23(25,26)27)10-6-12-21(18)29-33(31,32)17-9-5-8-15(13-17)22(30)28-14-16-7-3-4-11-20(16)24/h3-13,29H,2,14H2,1H3,(H,28,30). The molecule has 1 amide bonds. The van der Waals surface area contributed by atoms with Gasteiger partial charge in [-0.2, -0.15) is 13.2 Å². The molecule has 5 nitrogen and oxygen atoms in total. The summed E-state index contributed by atoms with van der Waals surface area (Å²) in [6.07, 6.45) is -4.65. The molecule has 174 valence electrons. The summed E-state index contributed by atoms with van der Waals surface area (Å²) in [5, 5.41) is 3.14. The molecule has 0 aliphatic carbocycles. The van der Waals surface area contributed by atoms with Crippen molar-refractivity contribution in [3.8, 4) is 0 Å². The first-order chi connectivity index (χ1) is 15.5. The van der Waals surface area contributed by atoms with Gasteiger partial charge < -0.3 is 5.32 Å². The van der Waals surface area contributed by atoms with E-state index in [2.05, 4.69) is 10.0 Å². The van der Waals surface area contributed by atoms with Crippen LogP contribution in [0.3, 0.4) is 0 Å². The average molecular weight is 497 g/mol. The number of nitrogens with one attached hydrogen (secondary N) is 2. The van der Waals surface area contributed by atoms with Gasteiger partial charge in [0.2, 0.25) is 0 Å². The maximum Gasteiger partial charge on any atom is 0.416 e. The molecule has 0 bridgehead atoms. The Morgan fingerprint density at radius 1 is 1.00 bits per heavy atom. The maximum absolute atomic E-state index is 13.3. The van der Waals surface area contributed by atoms with Gasteiger partial charge in [-0.05, 0) is 53.9 Å². The fourth-order valence-electron chi connectivity index (χ4n) is 3.26. The van der Waals surface area contributed by atoms with E-state index in [1.807, 2.05) is 0 Å². The van der Waals surface area contributed by atoms with E-state index in [9.17, 15) is 26.4 Å². The van der Waals surface area contributed by atoms with Crippen LogP contribution in [0.1, 0.15) is 34.0 Å². The van der Waals surface area contributed by atoms with Gasteiger partial charge in [0.25, 0.3) is 15.9 Å². The Hall–Kier alpha value is -3.04. The van der Waals surface area contributed by atoms with E-state index < -0.39 is 27.7 Å². The molecule has 0 aliphatic heterocycles. The molecule has 0 heterocycles. The van der Waals surface area contributed by atoms with E-state index in [0.29, 0.717) is 10.6 Å². The largest absolute Gasteiger partial charge is 0.416 e. The fourth-order valence-corrected chi connectivity index (χ4v) is 4.60. The number of sulfonamides is 1. The molecule has 3 rings (SSSR count). The van der Waals surface area contributed by atoms with Crippen molar-refractivity contribution in [2.75, 3.05) is 4.72 Å². The molecule has 2 N–H and O–H groups in total. The van der Waals surface area contributed by atoms with Crippen LogP contribution in [0.4, 0.5) is 18.9 Å². The van der Waals surface area contributed by atoms with E-state index in [0.717, 1.165) is 18.2 Å². The van der Waals surface area contributed by atoms with Crippen molar-refractivity contribution >= 4 is 33.2 Å². The van der Waals surface area contributed by atoms with Crippen molar-refractivity contribution in [3.05, 3.63) is 94.0 Å².